The molecule has 0 fully saturated rings. The number of rotatable bonds is 7. The van der Waals surface area contributed by atoms with Gasteiger partial charge in [0.2, 0.25) is 11.8 Å². The molecule has 0 aliphatic heterocycles. The fraction of sp³-hybridized carbons (Fsp3) is 0.192. The van der Waals surface area contributed by atoms with Crippen LogP contribution in [0.1, 0.15) is 39.7 Å². The zero-order valence-electron chi connectivity index (χ0n) is 19.1. The average Bonchev–Trinajstić information content (AvgIpc) is 3.07. The van der Waals surface area contributed by atoms with Gasteiger partial charge in [0, 0.05) is 22.8 Å². The summed E-state index contributed by atoms with van der Waals surface area (Å²) in [5, 5.41) is 9.28. The molecule has 0 saturated carbocycles. The molecule has 0 spiro atoms. The zero-order valence-corrected chi connectivity index (χ0v) is 19.1. The van der Waals surface area contributed by atoms with E-state index in [1.165, 1.54) is 25.1 Å². The number of nitrogens with zero attached hydrogens (tertiary/aromatic N) is 2. The topological polar surface area (TPSA) is 106 Å². The molecule has 0 aromatic carbocycles. The van der Waals surface area contributed by atoms with E-state index in [0.29, 0.717) is 11.1 Å². The predicted octanol–water partition coefficient (Wildman–Crippen LogP) is 4.88. The molecule has 0 atom stereocenters. The normalized spacial score (nSPS) is 12.9. The second-order valence-electron chi connectivity index (χ2n) is 6.33. The summed E-state index contributed by atoms with van der Waals surface area (Å²) in [5.74, 6) is -1.91. The highest BCUT2D eigenvalue weighted by Gasteiger charge is 2.18. The lowest BCUT2D eigenvalue weighted by Gasteiger charge is -2.09. The molecule has 0 saturated heterocycles. The number of esters is 2. The van der Waals surface area contributed by atoms with Gasteiger partial charge in [-0.25, -0.2) is 9.59 Å². The van der Waals surface area contributed by atoms with Crippen molar-refractivity contribution in [3.8, 4) is 17.8 Å². The van der Waals surface area contributed by atoms with E-state index in [2.05, 4.69) is 11.6 Å². The van der Waals surface area contributed by atoms with Crippen molar-refractivity contribution in [1.29, 1.82) is 5.26 Å². The van der Waals surface area contributed by atoms with Crippen LogP contribution in [0.3, 0.4) is 0 Å². The molecule has 170 valence electrons. The van der Waals surface area contributed by atoms with Crippen LogP contribution in [0.4, 0.5) is 0 Å². The Morgan fingerprint density at radius 3 is 2.52 bits per heavy atom. The van der Waals surface area contributed by atoms with Gasteiger partial charge in [-0.1, -0.05) is 69.0 Å². The minimum Gasteiger partial charge on any atom is -0.404 e. The molecule has 7 nitrogen and oxygen atoms in total. The average molecular weight is 447 g/mol. The Hall–Kier alpha value is -4.31. The monoisotopic (exact) mass is 446 g/mol. The molecule has 0 amide bonds. The van der Waals surface area contributed by atoms with Crippen LogP contribution >= 0.6 is 0 Å². The van der Waals surface area contributed by atoms with Crippen molar-refractivity contribution in [2.75, 3.05) is 0 Å². The number of carbonyl (C=O) groups excluding carboxylic acids is 3. The minimum absolute atomic E-state index is 0.000870. The third-order valence-corrected chi connectivity index (χ3v) is 4.04. The van der Waals surface area contributed by atoms with Crippen LogP contribution in [-0.4, -0.2) is 22.7 Å². The first-order chi connectivity index (χ1) is 15.8. The number of allylic oxidation sites excluding steroid dienone is 9. The number of carbonyl (C=O) groups is 3. The largest absolute Gasteiger partial charge is 0.404 e. The summed E-state index contributed by atoms with van der Waals surface area (Å²) >= 11 is 0. The summed E-state index contributed by atoms with van der Waals surface area (Å²) in [5.41, 5.74) is 1.06. The summed E-state index contributed by atoms with van der Waals surface area (Å²) in [6.45, 7) is 10.5. The fourth-order valence-electron chi connectivity index (χ4n) is 2.35. The van der Waals surface area contributed by atoms with Crippen LogP contribution in [-0.2, 0) is 14.4 Å². The van der Waals surface area contributed by atoms with Crippen LogP contribution in [0.15, 0.2) is 84.0 Å². The first-order valence-corrected chi connectivity index (χ1v) is 10.3. The van der Waals surface area contributed by atoms with Gasteiger partial charge in [0.25, 0.3) is 0 Å². The number of ether oxygens (including phenoxy) is 2. The summed E-state index contributed by atoms with van der Waals surface area (Å²) in [6.07, 6.45) is 12.9. The second kappa shape index (κ2) is 13.9. The summed E-state index contributed by atoms with van der Waals surface area (Å²) in [6, 6.07) is 4.54. The summed E-state index contributed by atoms with van der Waals surface area (Å²) < 4.78 is 10.5. The lowest BCUT2D eigenvalue weighted by Crippen LogP contribution is -2.14. The molecule has 7 heteroatoms. The quantitative estimate of drug-likeness (QED) is 0.334. The first-order valence-electron chi connectivity index (χ1n) is 10.3. The van der Waals surface area contributed by atoms with Crippen LogP contribution in [0.2, 0.25) is 0 Å². The smallest absolute Gasteiger partial charge is 0.341 e. The van der Waals surface area contributed by atoms with Crippen LogP contribution in [0, 0.1) is 11.3 Å². The standard InChI is InChI=1S/C24H20N2O5.C2H6/c1-4-5-6-8-16(2)23(28)30-21-14-13-20(15-25)22(26-21)31-24(29)19-10-7-9-18(11-12-19)17(3)27;1-2/h4-11,13-14H,1,12H2,2-3H3;1-2H3/b6-5-,16-8+;. The number of ketones is 1. The molecule has 1 aromatic rings. The molecule has 33 heavy (non-hydrogen) atoms. The van der Waals surface area contributed by atoms with Crippen molar-refractivity contribution in [3.63, 3.8) is 0 Å². The van der Waals surface area contributed by atoms with Crippen molar-refractivity contribution < 1.29 is 23.9 Å². The molecular formula is C26H26N2O5. The Balaban J connectivity index is 0.00000265. The zero-order chi connectivity index (χ0) is 24.8. The Labute approximate surface area is 193 Å². The van der Waals surface area contributed by atoms with E-state index in [4.69, 9.17) is 9.47 Å². The van der Waals surface area contributed by atoms with Gasteiger partial charge >= 0.3 is 11.9 Å². The maximum atomic E-state index is 12.5. The maximum Gasteiger partial charge on any atom is 0.341 e. The van der Waals surface area contributed by atoms with E-state index in [9.17, 15) is 19.6 Å². The van der Waals surface area contributed by atoms with Crippen molar-refractivity contribution >= 4 is 17.7 Å². The van der Waals surface area contributed by atoms with Gasteiger partial charge in [0.1, 0.15) is 11.6 Å². The van der Waals surface area contributed by atoms with Crippen molar-refractivity contribution in [2.45, 2.75) is 34.1 Å². The lowest BCUT2D eigenvalue weighted by molar-refractivity contribution is -0.130. The van der Waals surface area contributed by atoms with E-state index in [0.717, 1.165) is 0 Å². The van der Waals surface area contributed by atoms with Crippen molar-refractivity contribution in [2.24, 2.45) is 0 Å². The molecule has 1 aromatic heterocycles. The summed E-state index contributed by atoms with van der Waals surface area (Å²) in [4.78, 5) is 40.2. The number of nitriles is 1. The third kappa shape index (κ3) is 8.38. The number of Topliss-reactive ketones (excluding diaryl/α,β-unsaturated/α-hetero) is 1. The Kier molecular flexibility index (Phi) is 11.2. The van der Waals surface area contributed by atoms with E-state index in [1.54, 1.807) is 49.5 Å². The van der Waals surface area contributed by atoms with Crippen LogP contribution in [0.5, 0.6) is 11.8 Å². The highest BCUT2D eigenvalue weighted by atomic mass is 16.6. The molecule has 0 N–H and O–H groups in total. The molecule has 1 heterocycles. The summed E-state index contributed by atoms with van der Waals surface area (Å²) in [7, 11) is 0. The van der Waals surface area contributed by atoms with Gasteiger partial charge in [-0.15, -0.1) is 0 Å². The van der Waals surface area contributed by atoms with Crippen LogP contribution < -0.4 is 9.47 Å². The first kappa shape index (κ1) is 26.7. The van der Waals surface area contributed by atoms with Gasteiger partial charge in [-0.05, 0) is 26.3 Å². The van der Waals surface area contributed by atoms with Crippen molar-refractivity contribution in [3.05, 3.63) is 89.6 Å². The molecule has 1 aliphatic carbocycles. The second-order valence-corrected chi connectivity index (χ2v) is 6.33. The Bertz CT molecular complexity index is 1110. The Morgan fingerprint density at radius 1 is 1.15 bits per heavy atom. The minimum atomic E-state index is -0.733. The molecular weight excluding hydrogens is 420 g/mol. The van der Waals surface area contributed by atoms with E-state index in [-0.39, 0.29) is 35.1 Å². The number of hydrogen-bond donors (Lipinski definition) is 0. The molecule has 0 bridgehead atoms. The lowest BCUT2D eigenvalue weighted by atomic mass is 10.1. The van der Waals surface area contributed by atoms with Crippen LogP contribution in [0.25, 0.3) is 0 Å². The SMILES string of the molecule is C=C/C=C\C=C(/C)C(=O)Oc1ccc(C#N)c(OC(=O)C2=CC=CC(C(C)=O)=CC2)n1.CC. The number of pyridine rings is 1. The van der Waals surface area contributed by atoms with E-state index in [1.807, 2.05) is 19.9 Å². The molecule has 1 aliphatic rings. The highest BCUT2D eigenvalue weighted by molar-refractivity contribution is 5.97. The van der Waals surface area contributed by atoms with E-state index >= 15 is 0 Å². The predicted molar refractivity (Wildman–Crippen MR) is 125 cm³/mol. The third-order valence-electron chi connectivity index (χ3n) is 4.04. The van der Waals surface area contributed by atoms with Gasteiger partial charge in [0.15, 0.2) is 5.78 Å². The number of hydrogen-bond acceptors (Lipinski definition) is 7. The Morgan fingerprint density at radius 2 is 1.88 bits per heavy atom. The van der Waals surface area contributed by atoms with Gasteiger partial charge in [-0.2, -0.15) is 10.2 Å². The molecule has 2 rings (SSSR count). The fourth-order valence-corrected chi connectivity index (χ4v) is 2.35. The molecule has 0 unspecified atom stereocenters. The van der Waals surface area contributed by atoms with Gasteiger partial charge in [-0.3, -0.25) is 4.79 Å². The van der Waals surface area contributed by atoms with Gasteiger partial charge < -0.3 is 9.47 Å². The van der Waals surface area contributed by atoms with Gasteiger partial charge in [0.05, 0.1) is 0 Å². The van der Waals surface area contributed by atoms with E-state index < -0.39 is 11.9 Å². The van der Waals surface area contributed by atoms with Crippen molar-refractivity contribution in [1.82, 2.24) is 4.98 Å². The maximum absolute atomic E-state index is 12.5. The molecule has 0 radical (unpaired) electrons. The highest BCUT2D eigenvalue weighted by Crippen LogP contribution is 2.22. The number of aromatic nitrogens is 1.